The molecule has 4 rings (SSSR count). The second-order valence-corrected chi connectivity index (χ2v) is 8.77. The van der Waals surface area contributed by atoms with Gasteiger partial charge in [0.2, 0.25) is 0 Å². The largest absolute Gasteiger partial charge is 0.391 e. The average molecular weight is 427 g/mol. The SMILES string of the molecule is CCn1cc(C(=O)NC[C@]2(c3ccccc3)CC[C@H](O)[C@@H](N3CCOCC3)CC2)cn1. The minimum Gasteiger partial charge on any atom is -0.391 e. The number of amides is 1. The molecule has 2 fully saturated rings. The number of aliphatic hydroxyl groups is 1. The van der Waals surface area contributed by atoms with Crippen LogP contribution in [0.1, 0.15) is 48.5 Å². The van der Waals surface area contributed by atoms with Crippen molar-refractivity contribution in [2.24, 2.45) is 0 Å². The summed E-state index contributed by atoms with van der Waals surface area (Å²) in [6, 6.07) is 10.6. The van der Waals surface area contributed by atoms with Crippen LogP contribution in [-0.4, -0.2) is 70.7 Å². The van der Waals surface area contributed by atoms with Crippen LogP contribution in [0.25, 0.3) is 0 Å². The van der Waals surface area contributed by atoms with Crippen LogP contribution in [-0.2, 0) is 16.7 Å². The van der Waals surface area contributed by atoms with Crippen molar-refractivity contribution in [3.63, 3.8) is 0 Å². The van der Waals surface area contributed by atoms with Gasteiger partial charge < -0.3 is 15.2 Å². The van der Waals surface area contributed by atoms with E-state index in [1.54, 1.807) is 17.1 Å². The van der Waals surface area contributed by atoms with Crippen molar-refractivity contribution < 1.29 is 14.6 Å². The summed E-state index contributed by atoms with van der Waals surface area (Å²) in [6.07, 6.45) is 6.44. The maximum atomic E-state index is 12.8. The lowest BCUT2D eigenvalue weighted by atomic mass is 9.74. The first-order valence-corrected chi connectivity index (χ1v) is 11.5. The fraction of sp³-hybridized carbons (Fsp3) is 0.583. The molecule has 0 spiro atoms. The molecule has 1 saturated carbocycles. The van der Waals surface area contributed by atoms with E-state index in [0.717, 1.165) is 58.5 Å². The monoisotopic (exact) mass is 426 g/mol. The molecule has 2 N–H and O–H groups in total. The van der Waals surface area contributed by atoms with E-state index in [1.165, 1.54) is 5.56 Å². The Bertz CT molecular complexity index is 850. The number of hydrogen-bond acceptors (Lipinski definition) is 5. The van der Waals surface area contributed by atoms with Gasteiger partial charge >= 0.3 is 0 Å². The highest BCUT2D eigenvalue weighted by atomic mass is 16.5. The first kappa shape index (κ1) is 22.0. The summed E-state index contributed by atoms with van der Waals surface area (Å²) in [5.41, 5.74) is 1.62. The van der Waals surface area contributed by atoms with Crippen LogP contribution in [0.3, 0.4) is 0 Å². The van der Waals surface area contributed by atoms with Gasteiger partial charge in [0.15, 0.2) is 0 Å². The van der Waals surface area contributed by atoms with Crippen LogP contribution in [0.15, 0.2) is 42.7 Å². The minimum atomic E-state index is -0.359. The van der Waals surface area contributed by atoms with E-state index >= 15 is 0 Å². The Hall–Kier alpha value is -2.22. The molecule has 1 aliphatic heterocycles. The van der Waals surface area contributed by atoms with Gasteiger partial charge in [0.05, 0.1) is 31.1 Å². The minimum absolute atomic E-state index is 0.0930. The Labute approximate surface area is 184 Å². The number of aromatic nitrogens is 2. The van der Waals surface area contributed by atoms with Crippen molar-refractivity contribution in [1.29, 1.82) is 0 Å². The molecule has 7 nitrogen and oxygen atoms in total. The van der Waals surface area contributed by atoms with E-state index in [0.29, 0.717) is 12.1 Å². The van der Waals surface area contributed by atoms with Crippen LogP contribution < -0.4 is 5.32 Å². The highest BCUT2D eigenvalue weighted by Gasteiger charge is 2.40. The molecule has 2 aromatic rings. The summed E-state index contributed by atoms with van der Waals surface area (Å²) < 4.78 is 7.27. The lowest BCUT2D eigenvalue weighted by Crippen LogP contribution is -2.48. The number of benzene rings is 1. The Morgan fingerprint density at radius 3 is 2.68 bits per heavy atom. The van der Waals surface area contributed by atoms with Crippen molar-refractivity contribution in [3.05, 3.63) is 53.9 Å². The lowest BCUT2D eigenvalue weighted by molar-refractivity contribution is -0.0236. The molecule has 0 radical (unpaired) electrons. The van der Waals surface area contributed by atoms with Crippen molar-refractivity contribution >= 4 is 5.91 Å². The Morgan fingerprint density at radius 2 is 1.97 bits per heavy atom. The van der Waals surface area contributed by atoms with Gasteiger partial charge in [-0.15, -0.1) is 0 Å². The number of carbonyl (C=O) groups excluding carboxylic acids is 1. The fourth-order valence-corrected chi connectivity index (χ4v) is 5.06. The van der Waals surface area contributed by atoms with E-state index in [2.05, 4.69) is 39.6 Å². The van der Waals surface area contributed by atoms with Gasteiger partial charge in [0.25, 0.3) is 5.91 Å². The predicted octanol–water partition coefficient (Wildman–Crippen LogP) is 2.21. The zero-order chi connectivity index (χ0) is 21.7. The molecule has 1 aliphatic carbocycles. The van der Waals surface area contributed by atoms with Crippen molar-refractivity contribution in [1.82, 2.24) is 20.0 Å². The third-order valence-corrected chi connectivity index (χ3v) is 6.99. The molecule has 168 valence electrons. The number of hydrogen-bond donors (Lipinski definition) is 2. The van der Waals surface area contributed by atoms with E-state index in [-0.39, 0.29) is 23.5 Å². The summed E-state index contributed by atoms with van der Waals surface area (Å²) in [6.45, 7) is 6.50. The number of morpholine rings is 1. The Morgan fingerprint density at radius 1 is 1.23 bits per heavy atom. The highest BCUT2D eigenvalue weighted by Crippen LogP contribution is 2.39. The molecule has 1 aromatic carbocycles. The number of nitrogens with one attached hydrogen (secondary N) is 1. The quantitative estimate of drug-likeness (QED) is 0.693. The molecule has 1 amide bonds. The third-order valence-electron chi connectivity index (χ3n) is 6.99. The van der Waals surface area contributed by atoms with Gasteiger partial charge in [-0.3, -0.25) is 14.4 Å². The number of aryl methyl sites for hydroxylation is 1. The zero-order valence-electron chi connectivity index (χ0n) is 18.4. The van der Waals surface area contributed by atoms with E-state index < -0.39 is 0 Å². The van der Waals surface area contributed by atoms with E-state index in [9.17, 15) is 9.90 Å². The van der Waals surface area contributed by atoms with Crippen LogP contribution in [0.2, 0.25) is 0 Å². The number of nitrogens with zero attached hydrogens (tertiary/aromatic N) is 3. The second-order valence-electron chi connectivity index (χ2n) is 8.77. The lowest BCUT2D eigenvalue weighted by Gasteiger charge is -2.37. The van der Waals surface area contributed by atoms with Crippen molar-refractivity contribution in [3.8, 4) is 0 Å². The summed E-state index contributed by atoms with van der Waals surface area (Å²) in [4.78, 5) is 15.2. The molecule has 3 atom stereocenters. The molecular weight excluding hydrogens is 392 g/mol. The zero-order valence-corrected chi connectivity index (χ0v) is 18.4. The van der Waals surface area contributed by atoms with Gasteiger partial charge in [-0.1, -0.05) is 30.3 Å². The predicted molar refractivity (Wildman–Crippen MR) is 119 cm³/mol. The van der Waals surface area contributed by atoms with Crippen LogP contribution >= 0.6 is 0 Å². The number of rotatable bonds is 6. The summed E-state index contributed by atoms with van der Waals surface area (Å²) in [5.74, 6) is -0.0930. The molecule has 7 heteroatoms. The molecule has 31 heavy (non-hydrogen) atoms. The summed E-state index contributed by atoms with van der Waals surface area (Å²) in [5, 5.41) is 18.4. The summed E-state index contributed by atoms with van der Waals surface area (Å²) >= 11 is 0. The smallest absolute Gasteiger partial charge is 0.254 e. The van der Waals surface area contributed by atoms with Gasteiger partial charge in [-0.25, -0.2) is 0 Å². The molecule has 0 unspecified atom stereocenters. The molecule has 2 heterocycles. The van der Waals surface area contributed by atoms with Gasteiger partial charge in [0, 0.05) is 43.8 Å². The Kier molecular flexibility index (Phi) is 7.05. The standard InChI is InChI=1S/C24H34N4O3/c1-2-28-17-19(16-26-28)23(30)25-18-24(20-6-4-3-5-7-20)10-8-21(22(29)9-11-24)27-12-14-31-15-13-27/h3-7,16-17,21-22,29H,2,8-15,18H2,1H3,(H,25,30)/t21-,22-,24+/m0/s1. The second kappa shape index (κ2) is 9.94. The molecular formula is C24H34N4O3. The third kappa shape index (κ3) is 5.00. The number of carbonyl (C=O) groups is 1. The van der Waals surface area contributed by atoms with E-state index in [1.807, 2.05) is 13.0 Å². The Balaban J connectivity index is 1.52. The molecule has 1 saturated heterocycles. The van der Waals surface area contributed by atoms with E-state index in [4.69, 9.17) is 4.74 Å². The van der Waals surface area contributed by atoms with Gasteiger partial charge in [0.1, 0.15) is 0 Å². The molecule has 1 aromatic heterocycles. The highest BCUT2D eigenvalue weighted by molar-refractivity contribution is 5.93. The fourth-order valence-electron chi connectivity index (χ4n) is 5.06. The average Bonchev–Trinajstić information content (AvgIpc) is 3.24. The first-order valence-electron chi connectivity index (χ1n) is 11.5. The maximum Gasteiger partial charge on any atom is 0.254 e. The van der Waals surface area contributed by atoms with Crippen LogP contribution in [0.5, 0.6) is 0 Å². The maximum absolute atomic E-state index is 12.8. The van der Waals surface area contributed by atoms with Gasteiger partial charge in [-0.2, -0.15) is 5.10 Å². The molecule has 2 aliphatic rings. The van der Waals surface area contributed by atoms with Crippen molar-refractivity contribution in [2.45, 2.75) is 56.7 Å². The number of aliphatic hydroxyl groups excluding tert-OH is 1. The molecule has 0 bridgehead atoms. The topological polar surface area (TPSA) is 79.6 Å². The van der Waals surface area contributed by atoms with Crippen molar-refractivity contribution in [2.75, 3.05) is 32.8 Å². The number of ether oxygens (including phenoxy) is 1. The van der Waals surface area contributed by atoms with Crippen LogP contribution in [0.4, 0.5) is 0 Å². The van der Waals surface area contributed by atoms with Gasteiger partial charge in [-0.05, 0) is 38.2 Å². The summed E-state index contributed by atoms with van der Waals surface area (Å²) in [7, 11) is 0. The first-order chi connectivity index (χ1) is 15.1. The van der Waals surface area contributed by atoms with Crippen LogP contribution in [0, 0.1) is 0 Å². The normalized spacial score (nSPS) is 27.5.